The minimum absolute atomic E-state index is 0.0719. The van der Waals surface area contributed by atoms with Crippen LogP contribution in [-0.2, 0) is 9.53 Å². The first-order valence-corrected chi connectivity index (χ1v) is 11.6. The maximum atomic E-state index is 14.8. The molecule has 5 rings (SSSR count). The van der Waals surface area contributed by atoms with E-state index in [1.807, 2.05) is 48.3 Å². The lowest BCUT2D eigenvalue weighted by Crippen LogP contribution is -2.56. The van der Waals surface area contributed by atoms with Crippen molar-refractivity contribution in [2.45, 2.75) is 45.0 Å². The fourth-order valence-corrected chi connectivity index (χ4v) is 5.14. The summed E-state index contributed by atoms with van der Waals surface area (Å²) in [6, 6.07) is 1.41. The zero-order valence-electron chi connectivity index (χ0n) is 16.4. The van der Waals surface area contributed by atoms with Crippen LogP contribution in [0.25, 0.3) is 10.9 Å². The van der Waals surface area contributed by atoms with E-state index in [0.29, 0.717) is 31.8 Å². The molecule has 3 aliphatic heterocycles. The van der Waals surface area contributed by atoms with Gasteiger partial charge < -0.3 is 10.1 Å². The van der Waals surface area contributed by atoms with Gasteiger partial charge in [-0.25, -0.2) is 9.37 Å². The lowest BCUT2D eigenvalue weighted by molar-refractivity contribution is -0.160. The molecule has 3 saturated heterocycles. The molecule has 0 radical (unpaired) electrons. The van der Waals surface area contributed by atoms with Gasteiger partial charge in [0.1, 0.15) is 22.3 Å². The smallest absolute Gasteiger partial charge is 0.323 e. The molecule has 4 heterocycles. The number of ether oxygens (including phenoxy) is 1. The number of hydrogen-bond donors (Lipinski definition) is 1. The Kier molecular flexibility index (Phi) is 5.78. The predicted molar refractivity (Wildman–Crippen MR) is 124 cm³/mol. The normalized spacial score (nSPS) is 25.2. The fourth-order valence-electron chi connectivity index (χ4n) is 4.07. The van der Waals surface area contributed by atoms with Gasteiger partial charge in [0.15, 0.2) is 12.1 Å². The first-order chi connectivity index (χ1) is 14.0. The minimum atomic E-state index is -0.560. The van der Waals surface area contributed by atoms with Crippen LogP contribution in [0.5, 0.6) is 0 Å². The third-order valence-electron chi connectivity index (χ3n) is 5.37. The molecule has 1 N–H and O–H groups in total. The summed E-state index contributed by atoms with van der Waals surface area (Å²) in [5.74, 6) is -0.585. The molecule has 2 unspecified atom stereocenters. The van der Waals surface area contributed by atoms with Crippen LogP contribution in [-0.4, -0.2) is 46.5 Å². The van der Waals surface area contributed by atoms with Crippen LogP contribution in [0.4, 0.5) is 10.1 Å². The van der Waals surface area contributed by atoms with Crippen LogP contribution in [0.1, 0.15) is 37.6 Å². The van der Waals surface area contributed by atoms with Gasteiger partial charge in [0.2, 0.25) is 0 Å². The Bertz CT molecular complexity index is 1080. The molecule has 1 aromatic heterocycles. The van der Waals surface area contributed by atoms with Gasteiger partial charge in [-0.05, 0) is 71.8 Å². The van der Waals surface area contributed by atoms with Gasteiger partial charge in [-0.1, -0.05) is 11.6 Å². The van der Waals surface area contributed by atoms with Crippen molar-refractivity contribution in [1.82, 2.24) is 9.88 Å². The number of nitrogens with zero attached hydrogens (tertiary/aromatic N) is 2. The van der Waals surface area contributed by atoms with Crippen LogP contribution in [0, 0.1) is 15.3 Å². The van der Waals surface area contributed by atoms with Gasteiger partial charge >= 0.3 is 5.97 Å². The average molecular weight is 611 g/mol. The van der Waals surface area contributed by atoms with E-state index in [1.165, 1.54) is 0 Å². The Morgan fingerprint density at radius 2 is 2.20 bits per heavy atom. The molecule has 0 aliphatic carbocycles. The fraction of sp³-hybridized carbons (Fsp3) is 0.450. The second-order valence-corrected chi connectivity index (χ2v) is 10.8. The van der Waals surface area contributed by atoms with E-state index < -0.39 is 11.4 Å². The molecule has 1 aromatic carbocycles. The summed E-state index contributed by atoms with van der Waals surface area (Å²) < 4.78 is 21.3. The highest BCUT2D eigenvalue weighted by molar-refractivity contribution is 14.1. The molecular weight excluding hydrogens is 591 g/mol. The summed E-state index contributed by atoms with van der Waals surface area (Å²) in [4.78, 5) is 30.4. The maximum absolute atomic E-state index is 14.8. The lowest BCUT2D eigenvalue weighted by Gasteiger charge is -2.41. The lowest BCUT2D eigenvalue weighted by atomic mass is 9.99. The van der Waals surface area contributed by atoms with E-state index in [0.717, 1.165) is 6.54 Å². The summed E-state index contributed by atoms with van der Waals surface area (Å²) in [5, 5.41) is 3.74. The van der Waals surface area contributed by atoms with Gasteiger partial charge in [0.05, 0.1) is 21.9 Å². The standard InChI is InChI=1S/C20H19BrClFIN3O3/c1-20(2,3)30-19(29)12-4-8-6-27(12)18(8)26-15-9-5-11(24)13(21)14(23)16(9)25-17(22)10(15)7-28/h5,7-8,12,18H,4,6H2,1-3H3,(H,25,26)/t8-,12?,18+/m1/s1. The highest BCUT2D eigenvalue weighted by Gasteiger charge is 2.55. The van der Waals surface area contributed by atoms with Crippen molar-refractivity contribution in [2.75, 3.05) is 11.9 Å². The van der Waals surface area contributed by atoms with Gasteiger partial charge in [0, 0.05) is 21.4 Å². The molecule has 0 spiro atoms. The first kappa shape index (κ1) is 22.2. The number of halogens is 4. The third kappa shape index (κ3) is 3.71. The quantitative estimate of drug-likeness (QED) is 0.173. The van der Waals surface area contributed by atoms with Crippen molar-refractivity contribution in [3.63, 3.8) is 0 Å². The number of rotatable bonds is 4. The molecule has 0 saturated carbocycles. The van der Waals surface area contributed by atoms with Gasteiger partial charge in [-0.3, -0.25) is 14.5 Å². The molecule has 2 bridgehead atoms. The van der Waals surface area contributed by atoms with E-state index in [-0.39, 0.29) is 40.3 Å². The highest BCUT2D eigenvalue weighted by atomic mass is 127. The second-order valence-electron chi connectivity index (χ2n) is 8.52. The van der Waals surface area contributed by atoms with E-state index >= 15 is 0 Å². The summed E-state index contributed by atoms with van der Waals surface area (Å²) in [5.41, 5.74) is 0.109. The number of nitrogens with one attached hydrogen (secondary N) is 1. The zero-order chi connectivity index (χ0) is 22.0. The number of anilines is 1. The van der Waals surface area contributed by atoms with Crippen LogP contribution in [0.2, 0.25) is 5.15 Å². The van der Waals surface area contributed by atoms with E-state index in [1.54, 1.807) is 6.07 Å². The number of fused-ring (bicyclic) bond motifs is 2. The minimum Gasteiger partial charge on any atom is -0.459 e. The third-order valence-corrected chi connectivity index (χ3v) is 8.03. The molecule has 160 valence electrons. The van der Waals surface area contributed by atoms with Gasteiger partial charge in [-0.15, -0.1) is 0 Å². The molecule has 6 nitrogen and oxygen atoms in total. The number of aldehydes is 1. The van der Waals surface area contributed by atoms with E-state index in [2.05, 4.69) is 26.2 Å². The van der Waals surface area contributed by atoms with Crippen molar-refractivity contribution in [1.29, 1.82) is 0 Å². The first-order valence-electron chi connectivity index (χ1n) is 9.39. The highest BCUT2D eigenvalue weighted by Crippen LogP contribution is 2.44. The number of hydrogen-bond acceptors (Lipinski definition) is 6. The van der Waals surface area contributed by atoms with Crippen LogP contribution in [0.3, 0.4) is 0 Å². The molecule has 3 aliphatic rings. The summed E-state index contributed by atoms with van der Waals surface area (Å²) in [6.45, 7) is 6.27. The zero-order valence-corrected chi connectivity index (χ0v) is 20.9. The predicted octanol–water partition coefficient (Wildman–Crippen LogP) is 4.99. The average Bonchev–Trinajstić information content (AvgIpc) is 3.23. The number of esters is 1. The van der Waals surface area contributed by atoms with E-state index in [4.69, 9.17) is 16.3 Å². The Labute approximate surface area is 200 Å². The Balaban J connectivity index is 1.70. The van der Waals surface area contributed by atoms with Crippen molar-refractivity contribution in [3.8, 4) is 0 Å². The monoisotopic (exact) mass is 609 g/mol. The van der Waals surface area contributed by atoms with Crippen molar-refractivity contribution < 1.29 is 18.7 Å². The molecule has 2 aromatic rings. The molecule has 30 heavy (non-hydrogen) atoms. The topological polar surface area (TPSA) is 71.5 Å². The number of benzene rings is 1. The Morgan fingerprint density at radius 1 is 1.50 bits per heavy atom. The van der Waals surface area contributed by atoms with Crippen molar-refractivity contribution in [3.05, 3.63) is 30.6 Å². The molecular formula is C20H19BrClFIN3O3. The summed E-state index contributed by atoms with van der Waals surface area (Å²) in [6.07, 6.45) is 1.11. The molecule has 3 fully saturated rings. The summed E-state index contributed by atoms with van der Waals surface area (Å²) in [7, 11) is 0. The molecule has 4 atom stereocenters. The van der Waals surface area contributed by atoms with Gasteiger partial charge in [0.25, 0.3) is 0 Å². The van der Waals surface area contributed by atoms with Crippen molar-refractivity contribution >= 4 is 79.0 Å². The maximum Gasteiger partial charge on any atom is 0.323 e. The van der Waals surface area contributed by atoms with Crippen LogP contribution >= 0.6 is 50.1 Å². The second kappa shape index (κ2) is 7.83. The van der Waals surface area contributed by atoms with Crippen LogP contribution < -0.4 is 5.32 Å². The molecule has 10 heteroatoms. The van der Waals surface area contributed by atoms with Crippen LogP contribution in [0.15, 0.2) is 10.5 Å². The number of aromatic nitrogens is 1. The number of pyridine rings is 1. The molecule has 0 amide bonds. The Morgan fingerprint density at radius 3 is 2.83 bits per heavy atom. The number of carbonyl (C=O) groups excluding carboxylic acids is 2. The van der Waals surface area contributed by atoms with Crippen molar-refractivity contribution in [2.24, 2.45) is 5.92 Å². The number of carbonyl (C=O) groups is 2. The van der Waals surface area contributed by atoms with E-state index in [9.17, 15) is 14.0 Å². The largest absolute Gasteiger partial charge is 0.459 e. The van der Waals surface area contributed by atoms with Gasteiger partial charge in [-0.2, -0.15) is 0 Å². The Hall–Kier alpha value is -1.04. The summed E-state index contributed by atoms with van der Waals surface area (Å²) >= 11 is 11.4. The SMILES string of the molecule is CC(C)(C)OC(=O)C1C[C@@H]2CN1[C@@H]2Nc1c(C=O)c(Cl)nc2c(F)c(Br)c(I)cc12.